The Morgan fingerprint density at radius 2 is 2.19 bits per heavy atom. The van der Waals surface area contributed by atoms with Gasteiger partial charge in [0, 0.05) is 17.6 Å². The van der Waals surface area contributed by atoms with Gasteiger partial charge in [0.2, 0.25) is 0 Å². The second kappa shape index (κ2) is 5.69. The van der Waals surface area contributed by atoms with Gasteiger partial charge in [0.25, 0.3) is 0 Å². The Hall–Kier alpha value is -2.14. The van der Waals surface area contributed by atoms with E-state index in [2.05, 4.69) is 15.6 Å². The summed E-state index contributed by atoms with van der Waals surface area (Å²) in [6.45, 7) is 2.20. The van der Waals surface area contributed by atoms with E-state index >= 15 is 0 Å². The number of rotatable bonds is 4. The first-order valence-corrected chi connectivity index (χ1v) is 7.23. The summed E-state index contributed by atoms with van der Waals surface area (Å²) in [4.78, 5) is 16.4. The number of aliphatic hydroxyl groups is 1. The molecule has 3 rings (SSSR count). The zero-order valence-electron chi connectivity index (χ0n) is 12.0. The van der Waals surface area contributed by atoms with Gasteiger partial charge < -0.3 is 15.7 Å². The molecule has 0 spiro atoms. The van der Waals surface area contributed by atoms with Crippen LogP contribution in [0.3, 0.4) is 0 Å². The van der Waals surface area contributed by atoms with Crippen LogP contribution in [0.5, 0.6) is 0 Å². The smallest absolute Gasteiger partial charge is 0.319 e. The summed E-state index contributed by atoms with van der Waals surface area (Å²) in [5.41, 5.74) is 2.35. The SMILES string of the molecule is Cc1ccc2cccc(NC(=O)NCC(O)C3CC3)c2n1. The summed E-state index contributed by atoms with van der Waals surface area (Å²) in [6, 6.07) is 9.28. The van der Waals surface area contributed by atoms with Crippen molar-refractivity contribution in [2.45, 2.75) is 25.9 Å². The molecule has 1 aliphatic rings. The topological polar surface area (TPSA) is 74.2 Å². The molecule has 0 aliphatic heterocycles. The molecule has 1 unspecified atom stereocenters. The number of hydrogen-bond donors (Lipinski definition) is 3. The number of nitrogens with one attached hydrogen (secondary N) is 2. The van der Waals surface area contributed by atoms with E-state index in [4.69, 9.17) is 0 Å². The highest BCUT2D eigenvalue weighted by atomic mass is 16.3. The molecule has 0 radical (unpaired) electrons. The number of amides is 2. The molecule has 1 atom stereocenters. The van der Waals surface area contributed by atoms with E-state index in [1.807, 2.05) is 37.3 Å². The summed E-state index contributed by atoms with van der Waals surface area (Å²) < 4.78 is 0. The number of carbonyl (C=O) groups is 1. The van der Waals surface area contributed by atoms with Crippen LogP contribution in [0, 0.1) is 12.8 Å². The molecular formula is C16H19N3O2. The number of hydrogen-bond acceptors (Lipinski definition) is 3. The van der Waals surface area contributed by atoms with E-state index in [1.54, 1.807) is 0 Å². The predicted octanol–water partition coefficient (Wildman–Crippen LogP) is 2.44. The molecule has 1 aromatic carbocycles. The highest BCUT2D eigenvalue weighted by Gasteiger charge is 2.29. The largest absolute Gasteiger partial charge is 0.391 e. The van der Waals surface area contributed by atoms with Gasteiger partial charge in [-0.2, -0.15) is 0 Å². The fourth-order valence-corrected chi connectivity index (χ4v) is 2.36. The van der Waals surface area contributed by atoms with Crippen molar-refractivity contribution in [3.63, 3.8) is 0 Å². The number of para-hydroxylation sites is 1. The van der Waals surface area contributed by atoms with Crippen molar-refractivity contribution < 1.29 is 9.90 Å². The lowest BCUT2D eigenvalue weighted by molar-refractivity contribution is 0.150. The Bertz CT molecular complexity index is 668. The van der Waals surface area contributed by atoms with Crippen LogP contribution in [0.2, 0.25) is 0 Å². The molecule has 0 bridgehead atoms. The fraction of sp³-hybridized carbons (Fsp3) is 0.375. The molecule has 1 fully saturated rings. The number of aryl methyl sites for hydroxylation is 1. The van der Waals surface area contributed by atoms with Gasteiger partial charge >= 0.3 is 6.03 Å². The lowest BCUT2D eigenvalue weighted by atomic mass is 10.2. The minimum atomic E-state index is -0.441. The Labute approximate surface area is 123 Å². The minimum Gasteiger partial charge on any atom is -0.391 e. The van der Waals surface area contributed by atoms with Crippen LogP contribution in [0.25, 0.3) is 10.9 Å². The number of carbonyl (C=O) groups excluding carboxylic acids is 1. The number of urea groups is 1. The van der Waals surface area contributed by atoms with Crippen LogP contribution in [-0.4, -0.2) is 28.8 Å². The van der Waals surface area contributed by atoms with E-state index in [1.165, 1.54) is 0 Å². The molecule has 1 heterocycles. The molecular weight excluding hydrogens is 266 g/mol. The monoisotopic (exact) mass is 285 g/mol. The zero-order chi connectivity index (χ0) is 14.8. The van der Waals surface area contributed by atoms with Gasteiger partial charge in [-0.15, -0.1) is 0 Å². The maximum atomic E-state index is 11.9. The van der Waals surface area contributed by atoms with Crippen molar-refractivity contribution >= 4 is 22.6 Å². The van der Waals surface area contributed by atoms with Crippen LogP contribution in [-0.2, 0) is 0 Å². The standard InChI is InChI=1S/C16H19N3O2/c1-10-5-6-12-3-2-4-13(15(12)18-10)19-16(21)17-9-14(20)11-7-8-11/h2-6,11,14,20H,7-9H2,1H3,(H2,17,19,21). The Balaban J connectivity index is 1.69. The summed E-state index contributed by atoms with van der Waals surface area (Å²) in [5, 5.41) is 16.2. The minimum absolute atomic E-state index is 0.285. The number of fused-ring (bicyclic) bond motifs is 1. The quantitative estimate of drug-likeness (QED) is 0.807. The molecule has 1 aromatic heterocycles. The molecule has 2 amide bonds. The number of benzene rings is 1. The highest BCUT2D eigenvalue weighted by molar-refractivity contribution is 5.99. The third kappa shape index (κ3) is 3.31. The molecule has 3 N–H and O–H groups in total. The maximum Gasteiger partial charge on any atom is 0.319 e. The third-order valence-corrected chi connectivity index (χ3v) is 3.75. The highest BCUT2D eigenvalue weighted by Crippen LogP contribution is 2.32. The van der Waals surface area contributed by atoms with Crippen LogP contribution >= 0.6 is 0 Å². The molecule has 1 aliphatic carbocycles. The fourth-order valence-electron chi connectivity index (χ4n) is 2.36. The Morgan fingerprint density at radius 3 is 2.95 bits per heavy atom. The molecule has 5 heteroatoms. The van der Waals surface area contributed by atoms with Crippen molar-refractivity contribution in [1.29, 1.82) is 0 Å². The first-order chi connectivity index (χ1) is 10.1. The molecule has 1 saturated carbocycles. The van der Waals surface area contributed by atoms with Gasteiger partial charge in [-0.05, 0) is 37.8 Å². The van der Waals surface area contributed by atoms with Crippen LogP contribution in [0.15, 0.2) is 30.3 Å². The van der Waals surface area contributed by atoms with Gasteiger partial charge in [0.15, 0.2) is 0 Å². The Morgan fingerprint density at radius 1 is 1.38 bits per heavy atom. The van der Waals surface area contributed by atoms with E-state index in [-0.39, 0.29) is 12.6 Å². The molecule has 5 nitrogen and oxygen atoms in total. The lowest BCUT2D eigenvalue weighted by Gasteiger charge is -2.12. The van der Waals surface area contributed by atoms with Crippen LogP contribution < -0.4 is 10.6 Å². The number of nitrogens with zero attached hydrogens (tertiary/aromatic N) is 1. The van der Waals surface area contributed by atoms with Gasteiger partial charge in [-0.25, -0.2) is 4.79 Å². The van der Waals surface area contributed by atoms with E-state index in [0.717, 1.165) is 29.4 Å². The number of aliphatic hydroxyl groups excluding tert-OH is 1. The number of anilines is 1. The second-order valence-electron chi connectivity index (χ2n) is 5.57. The summed E-state index contributed by atoms with van der Waals surface area (Å²) in [6.07, 6.45) is 1.66. The summed E-state index contributed by atoms with van der Waals surface area (Å²) in [5.74, 6) is 0.354. The normalized spacial score (nSPS) is 15.7. The van der Waals surface area contributed by atoms with Crippen molar-refractivity contribution in [3.05, 3.63) is 36.0 Å². The van der Waals surface area contributed by atoms with Gasteiger partial charge in [-0.1, -0.05) is 18.2 Å². The van der Waals surface area contributed by atoms with Gasteiger partial charge in [0.05, 0.1) is 17.3 Å². The van der Waals surface area contributed by atoms with Crippen molar-refractivity contribution in [2.24, 2.45) is 5.92 Å². The van der Waals surface area contributed by atoms with E-state index < -0.39 is 6.10 Å². The molecule has 2 aromatic rings. The predicted molar refractivity (Wildman–Crippen MR) is 82.2 cm³/mol. The molecule has 21 heavy (non-hydrogen) atoms. The first-order valence-electron chi connectivity index (χ1n) is 7.23. The molecule has 110 valence electrons. The number of aromatic nitrogens is 1. The summed E-state index contributed by atoms with van der Waals surface area (Å²) in [7, 11) is 0. The second-order valence-corrected chi connectivity index (χ2v) is 5.57. The maximum absolute atomic E-state index is 11.9. The van der Waals surface area contributed by atoms with Crippen molar-refractivity contribution in [2.75, 3.05) is 11.9 Å². The lowest BCUT2D eigenvalue weighted by Crippen LogP contribution is -2.36. The zero-order valence-corrected chi connectivity index (χ0v) is 12.0. The molecule has 0 saturated heterocycles. The number of pyridine rings is 1. The van der Waals surface area contributed by atoms with Crippen molar-refractivity contribution in [1.82, 2.24) is 10.3 Å². The Kier molecular flexibility index (Phi) is 3.75. The van der Waals surface area contributed by atoms with Crippen LogP contribution in [0.1, 0.15) is 18.5 Å². The average Bonchev–Trinajstić information content (AvgIpc) is 3.30. The van der Waals surface area contributed by atoms with E-state index in [9.17, 15) is 9.90 Å². The van der Waals surface area contributed by atoms with Crippen molar-refractivity contribution in [3.8, 4) is 0 Å². The first kappa shape index (κ1) is 13.8. The van der Waals surface area contributed by atoms with Gasteiger partial charge in [-0.3, -0.25) is 4.98 Å². The summed E-state index contributed by atoms with van der Waals surface area (Å²) >= 11 is 0. The average molecular weight is 285 g/mol. The van der Waals surface area contributed by atoms with E-state index in [0.29, 0.717) is 11.6 Å². The third-order valence-electron chi connectivity index (χ3n) is 3.75. The van der Waals surface area contributed by atoms with Gasteiger partial charge in [0.1, 0.15) is 0 Å². The van der Waals surface area contributed by atoms with Crippen LogP contribution in [0.4, 0.5) is 10.5 Å².